The van der Waals surface area contributed by atoms with Crippen LogP contribution in [0.5, 0.6) is 0 Å². The summed E-state index contributed by atoms with van der Waals surface area (Å²) in [6, 6.07) is 55.9. The van der Waals surface area contributed by atoms with Gasteiger partial charge in [-0.15, -0.1) is 0 Å². The Labute approximate surface area is 290 Å². The van der Waals surface area contributed by atoms with Crippen molar-refractivity contribution in [2.75, 3.05) is 0 Å². The molecule has 1 aliphatic carbocycles. The normalized spacial score (nSPS) is 13.2. The zero-order valence-electron chi connectivity index (χ0n) is 27.8. The van der Waals surface area contributed by atoms with Crippen molar-refractivity contribution >= 4 is 32.7 Å². The van der Waals surface area contributed by atoms with Crippen molar-refractivity contribution in [2.24, 2.45) is 0 Å². The van der Waals surface area contributed by atoms with Crippen LogP contribution in [0, 0.1) is 0 Å². The van der Waals surface area contributed by atoms with Crippen LogP contribution < -0.4 is 0 Å². The molecule has 0 unspecified atom stereocenters. The van der Waals surface area contributed by atoms with Crippen molar-refractivity contribution < 1.29 is 4.42 Å². The van der Waals surface area contributed by atoms with E-state index < -0.39 is 0 Å². The van der Waals surface area contributed by atoms with E-state index in [1.54, 1.807) is 0 Å². The van der Waals surface area contributed by atoms with Crippen LogP contribution in [0.15, 0.2) is 162 Å². The number of nitrogens with zero attached hydrogens (tertiary/aromatic N) is 2. The van der Waals surface area contributed by atoms with Crippen LogP contribution in [0.1, 0.15) is 25.0 Å². The number of fused-ring (bicyclic) bond motifs is 7. The average molecular weight is 641 g/mol. The minimum atomic E-state index is -0.141. The van der Waals surface area contributed by atoms with Gasteiger partial charge in [0, 0.05) is 32.9 Å². The third kappa shape index (κ3) is 4.44. The van der Waals surface area contributed by atoms with E-state index >= 15 is 0 Å². The zero-order chi connectivity index (χ0) is 33.4. The predicted molar refractivity (Wildman–Crippen MR) is 206 cm³/mol. The van der Waals surface area contributed by atoms with Crippen LogP contribution >= 0.6 is 0 Å². The molecule has 0 amide bonds. The molecule has 0 spiro atoms. The molecule has 2 aromatic heterocycles. The molecule has 0 saturated carbocycles. The molecule has 2 heterocycles. The van der Waals surface area contributed by atoms with Gasteiger partial charge < -0.3 is 4.42 Å². The fraction of sp³-hybridized carbons (Fsp3) is 0.0638. The molecule has 9 aromatic rings. The van der Waals surface area contributed by atoms with Crippen LogP contribution in [0.3, 0.4) is 0 Å². The molecular formula is C47H32N2O. The van der Waals surface area contributed by atoms with Gasteiger partial charge in [0.15, 0.2) is 5.82 Å². The van der Waals surface area contributed by atoms with Crippen LogP contribution in [-0.2, 0) is 5.41 Å². The summed E-state index contributed by atoms with van der Waals surface area (Å²) in [7, 11) is 0. The Kier molecular flexibility index (Phi) is 6.22. The van der Waals surface area contributed by atoms with Crippen molar-refractivity contribution in [1.29, 1.82) is 0 Å². The first-order chi connectivity index (χ1) is 24.5. The Morgan fingerprint density at radius 2 is 1.12 bits per heavy atom. The largest absolute Gasteiger partial charge is 0.456 e. The third-order valence-electron chi connectivity index (χ3n) is 10.5. The summed E-state index contributed by atoms with van der Waals surface area (Å²) in [5.74, 6) is 0.709. The maximum absolute atomic E-state index is 6.24. The molecule has 0 saturated heterocycles. The second-order valence-electron chi connectivity index (χ2n) is 13.8. The highest BCUT2D eigenvalue weighted by Crippen LogP contribution is 2.53. The number of aromatic nitrogens is 2. The highest BCUT2D eigenvalue weighted by molar-refractivity contribution is 6.06. The number of hydrogen-bond acceptors (Lipinski definition) is 3. The van der Waals surface area contributed by atoms with E-state index in [4.69, 9.17) is 14.4 Å². The van der Waals surface area contributed by atoms with E-state index in [9.17, 15) is 0 Å². The summed E-state index contributed by atoms with van der Waals surface area (Å²) in [6.07, 6.45) is 0. The van der Waals surface area contributed by atoms with Gasteiger partial charge in [-0.1, -0.05) is 129 Å². The molecule has 10 rings (SSSR count). The first-order valence-electron chi connectivity index (χ1n) is 17.2. The number of rotatable bonds is 4. The lowest BCUT2D eigenvalue weighted by molar-refractivity contribution is 0.661. The van der Waals surface area contributed by atoms with Crippen molar-refractivity contribution in [3.63, 3.8) is 0 Å². The lowest BCUT2D eigenvalue weighted by Crippen LogP contribution is -2.14. The number of para-hydroxylation sites is 1. The molecule has 3 nitrogen and oxygen atoms in total. The first kappa shape index (κ1) is 28.7. The molecule has 7 aromatic carbocycles. The Morgan fingerprint density at radius 3 is 2.00 bits per heavy atom. The zero-order valence-corrected chi connectivity index (χ0v) is 27.8. The monoisotopic (exact) mass is 640 g/mol. The van der Waals surface area contributed by atoms with Crippen LogP contribution in [-0.4, -0.2) is 9.97 Å². The van der Waals surface area contributed by atoms with Crippen LogP contribution in [0.25, 0.3) is 88.9 Å². The summed E-state index contributed by atoms with van der Waals surface area (Å²) in [5.41, 5.74) is 14.0. The molecule has 0 N–H and O–H groups in total. The fourth-order valence-electron chi connectivity index (χ4n) is 7.90. The smallest absolute Gasteiger partial charge is 0.160 e. The topological polar surface area (TPSA) is 38.9 Å². The van der Waals surface area contributed by atoms with Gasteiger partial charge in [-0.05, 0) is 86.6 Å². The van der Waals surface area contributed by atoms with Gasteiger partial charge in [-0.3, -0.25) is 0 Å². The van der Waals surface area contributed by atoms with Crippen molar-refractivity contribution in [1.82, 2.24) is 9.97 Å². The number of furan rings is 1. The second-order valence-corrected chi connectivity index (χ2v) is 13.8. The minimum absolute atomic E-state index is 0.141. The molecule has 3 heteroatoms. The lowest BCUT2D eigenvalue weighted by atomic mass is 9.81. The lowest BCUT2D eigenvalue weighted by Gasteiger charge is -2.22. The van der Waals surface area contributed by atoms with Gasteiger partial charge in [0.1, 0.15) is 11.2 Å². The van der Waals surface area contributed by atoms with Gasteiger partial charge >= 0.3 is 0 Å². The standard InChI is InChI=1S/C47H32N2O/c1-47(2)39-20-11-19-37(45(39)38-25-31-14-6-7-15-32(31)26-40(38)47)42-28-41(48-46(49-42)29-12-4-3-5-13-29)34-17-10-16-30(24-34)33-22-23-36-35-18-8-9-21-43(35)50-44(36)27-33/h3-28H,1-2H3. The number of hydrogen-bond donors (Lipinski definition) is 0. The summed E-state index contributed by atoms with van der Waals surface area (Å²) in [5, 5.41) is 4.78. The quantitative estimate of drug-likeness (QED) is 0.192. The Morgan fingerprint density at radius 1 is 0.440 bits per heavy atom. The Bertz CT molecular complexity index is 2790. The molecule has 0 aliphatic heterocycles. The first-order valence-corrected chi connectivity index (χ1v) is 17.2. The molecule has 1 aliphatic rings. The van der Waals surface area contributed by atoms with Crippen LogP contribution in [0.4, 0.5) is 0 Å². The highest BCUT2D eigenvalue weighted by atomic mass is 16.3. The van der Waals surface area contributed by atoms with Gasteiger partial charge in [0.05, 0.1) is 11.4 Å². The van der Waals surface area contributed by atoms with E-state index in [0.29, 0.717) is 5.82 Å². The van der Waals surface area contributed by atoms with Crippen molar-refractivity contribution in [2.45, 2.75) is 19.3 Å². The van der Waals surface area contributed by atoms with Gasteiger partial charge in [0.2, 0.25) is 0 Å². The maximum Gasteiger partial charge on any atom is 0.160 e. The maximum atomic E-state index is 6.24. The summed E-state index contributed by atoms with van der Waals surface area (Å²) >= 11 is 0. The SMILES string of the molecule is CC1(C)c2cc3ccccc3cc2-c2c(-c3cc(-c4cccc(-c5ccc6c(c5)oc5ccccc56)c4)nc(-c4ccccc4)n3)cccc21. The van der Waals surface area contributed by atoms with E-state index in [-0.39, 0.29) is 5.41 Å². The Balaban J connectivity index is 1.15. The summed E-state index contributed by atoms with van der Waals surface area (Å²) < 4.78 is 6.24. The molecule has 0 bridgehead atoms. The molecule has 0 fully saturated rings. The summed E-state index contributed by atoms with van der Waals surface area (Å²) in [4.78, 5) is 10.5. The van der Waals surface area contributed by atoms with E-state index in [2.05, 4.69) is 141 Å². The average Bonchev–Trinajstić information content (AvgIpc) is 3.65. The van der Waals surface area contributed by atoms with E-state index in [0.717, 1.165) is 61.1 Å². The van der Waals surface area contributed by atoms with E-state index in [1.807, 2.05) is 30.3 Å². The van der Waals surface area contributed by atoms with Crippen molar-refractivity contribution in [3.05, 3.63) is 169 Å². The molecule has 236 valence electrons. The van der Waals surface area contributed by atoms with Gasteiger partial charge in [-0.2, -0.15) is 0 Å². The predicted octanol–water partition coefficient (Wildman–Crippen LogP) is 12.5. The molecular weight excluding hydrogens is 609 g/mol. The van der Waals surface area contributed by atoms with Crippen LogP contribution in [0.2, 0.25) is 0 Å². The van der Waals surface area contributed by atoms with Gasteiger partial charge in [0.25, 0.3) is 0 Å². The third-order valence-corrected chi connectivity index (χ3v) is 10.5. The number of benzene rings is 7. The minimum Gasteiger partial charge on any atom is -0.456 e. The molecule has 0 atom stereocenters. The summed E-state index contributed by atoms with van der Waals surface area (Å²) in [6.45, 7) is 4.68. The van der Waals surface area contributed by atoms with E-state index in [1.165, 1.54) is 33.0 Å². The fourth-order valence-corrected chi connectivity index (χ4v) is 7.90. The van der Waals surface area contributed by atoms with Crippen molar-refractivity contribution in [3.8, 4) is 56.2 Å². The highest BCUT2D eigenvalue weighted by Gasteiger charge is 2.37. The Hall–Kier alpha value is -6.32. The second kappa shape index (κ2) is 10.8. The molecule has 0 radical (unpaired) electrons. The van der Waals surface area contributed by atoms with Gasteiger partial charge in [-0.25, -0.2) is 9.97 Å². The molecule has 50 heavy (non-hydrogen) atoms.